The fourth-order valence-electron chi connectivity index (χ4n) is 1.09. The number of benzene rings is 1. The molecule has 0 atom stereocenters. The van der Waals surface area contributed by atoms with Gasteiger partial charge in [0.15, 0.2) is 0 Å². The lowest BCUT2D eigenvalue weighted by Crippen LogP contribution is -2.04. The standard InChI is InChI=1S/C9H10FNO2/c1-2-5-3-8(11)6(9(12)13)4-7(5)10/h3-4H,2,11H2,1H3,(H,12,13). The number of aromatic carboxylic acids is 1. The average Bonchev–Trinajstić information content (AvgIpc) is 2.07. The fourth-order valence-corrected chi connectivity index (χ4v) is 1.09. The van der Waals surface area contributed by atoms with Crippen molar-refractivity contribution in [2.24, 2.45) is 0 Å². The normalized spacial score (nSPS) is 10.0. The summed E-state index contributed by atoms with van der Waals surface area (Å²) >= 11 is 0. The van der Waals surface area contributed by atoms with Crippen LogP contribution in [0.2, 0.25) is 0 Å². The summed E-state index contributed by atoms with van der Waals surface area (Å²) in [5.41, 5.74) is 5.77. The minimum Gasteiger partial charge on any atom is -0.478 e. The molecular weight excluding hydrogens is 173 g/mol. The monoisotopic (exact) mass is 183 g/mol. The van der Waals surface area contributed by atoms with Crippen LogP contribution in [-0.2, 0) is 6.42 Å². The lowest BCUT2D eigenvalue weighted by Gasteiger charge is -2.04. The Morgan fingerprint density at radius 1 is 1.62 bits per heavy atom. The largest absolute Gasteiger partial charge is 0.478 e. The molecule has 0 amide bonds. The average molecular weight is 183 g/mol. The second-order valence-corrected chi connectivity index (χ2v) is 2.69. The number of rotatable bonds is 2. The Labute approximate surface area is 75.0 Å². The van der Waals surface area contributed by atoms with E-state index in [1.807, 2.05) is 0 Å². The first-order valence-electron chi connectivity index (χ1n) is 3.87. The highest BCUT2D eigenvalue weighted by atomic mass is 19.1. The van der Waals surface area contributed by atoms with Gasteiger partial charge >= 0.3 is 5.97 Å². The summed E-state index contributed by atoms with van der Waals surface area (Å²) in [6, 6.07) is 2.31. The fraction of sp³-hybridized carbons (Fsp3) is 0.222. The van der Waals surface area contributed by atoms with Crippen molar-refractivity contribution in [1.82, 2.24) is 0 Å². The van der Waals surface area contributed by atoms with Crippen molar-refractivity contribution >= 4 is 11.7 Å². The van der Waals surface area contributed by atoms with Crippen molar-refractivity contribution in [2.45, 2.75) is 13.3 Å². The van der Waals surface area contributed by atoms with E-state index in [2.05, 4.69) is 0 Å². The highest BCUT2D eigenvalue weighted by Gasteiger charge is 2.11. The number of nitrogen functional groups attached to an aromatic ring is 1. The van der Waals surface area contributed by atoms with E-state index in [1.165, 1.54) is 6.07 Å². The van der Waals surface area contributed by atoms with Gasteiger partial charge in [-0.25, -0.2) is 9.18 Å². The van der Waals surface area contributed by atoms with E-state index in [0.717, 1.165) is 6.07 Å². The van der Waals surface area contributed by atoms with Crippen LogP contribution in [0.5, 0.6) is 0 Å². The van der Waals surface area contributed by atoms with Crippen molar-refractivity contribution in [2.75, 3.05) is 5.73 Å². The van der Waals surface area contributed by atoms with Gasteiger partial charge in [-0.2, -0.15) is 0 Å². The highest BCUT2D eigenvalue weighted by Crippen LogP contribution is 2.18. The van der Waals surface area contributed by atoms with Crippen molar-refractivity contribution < 1.29 is 14.3 Å². The molecule has 0 heterocycles. The maximum atomic E-state index is 13.1. The van der Waals surface area contributed by atoms with Crippen molar-refractivity contribution in [1.29, 1.82) is 0 Å². The molecule has 0 saturated carbocycles. The molecule has 0 aliphatic carbocycles. The van der Waals surface area contributed by atoms with Crippen LogP contribution in [0.15, 0.2) is 12.1 Å². The molecule has 0 radical (unpaired) electrons. The minimum absolute atomic E-state index is 0.103. The number of hydrogen-bond acceptors (Lipinski definition) is 2. The van der Waals surface area contributed by atoms with Crippen LogP contribution in [0.3, 0.4) is 0 Å². The lowest BCUT2D eigenvalue weighted by atomic mass is 10.1. The van der Waals surface area contributed by atoms with E-state index >= 15 is 0 Å². The number of hydrogen-bond donors (Lipinski definition) is 2. The lowest BCUT2D eigenvalue weighted by molar-refractivity contribution is 0.0697. The topological polar surface area (TPSA) is 63.3 Å². The zero-order chi connectivity index (χ0) is 10.0. The smallest absolute Gasteiger partial charge is 0.337 e. The highest BCUT2D eigenvalue weighted by molar-refractivity contribution is 5.93. The van der Waals surface area contributed by atoms with E-state index in [-0.39, 0.29) is 11.3 Å². The van der Waals surface area contributed by atoms with Gasteiger partial charge in [-0.15, -0.1) is 0 Å². The molecule has 0 fully saturated rings. The molecule has 0 unspecified atom stereocenters. The summed E-state index contributed by atoms with van der Waals surface area (Å²) in [6.45, 7) is 1.78. The predicted molar refractivity (Wildman–Crippen MR) is 47.1 cm³/mol. The number of aryl methyl sites for hydroxylation is 1. The van der Waals surface area contributed by atoms with Crippen LogP contribution in [0, 0.1) is 5.82 Å². The van der Waals surface area contributed by atoms with Gasteiger partial charge in [0.2, 0.25) is 0 Å². The molecule has 0 aliphatic heterocycles. The number of carboxylic acids is 1. The molecular formula is C9H10FNO2. The Hall–Kier alpha value is -1.58. The number of carbonyl (C=O) groups is 1. The van der Waals surface area contributed by atoms with Crippen LogP contribution in [0.25, 0.3) is 0 Å². The zero-order valence-electron chi connectivity index (χ0n) is 7.17. The third-order valence-electron chi connectivity index (χ3n) is 1.83. The van der Waals surface area contributed by atoms with Crippen molar-refractivity contribution in [3.8, 4) is 0 Å². The van der Waals surface area contributed by atoms with Crippen molar-refractivity contribution in [3.05, 3.63) is 29.1 Å². The molecule has 1 rings (SSSR count). The molecule has 0 aromatic heterocycles. The van der Waals surface area contributed by atoms with E-state index in [9.17, 15) is 9.18 Å². The quantitative estimate of drug-likeness (QED) is 0.685. The molecule has 13 heavy (non-hydrogen) atoms. The number of nitrogens with two attached hydrogens (primary N) is 1. The number of anilines is 1. The van der Waals surface area contributed by atoms with Gasteiger partial charge < -0.3 is 10.8 Å². The van der Waals surface area contributed by atoms with Crippen LogP contribution in [-0.4, -0.2) is 11.1 Å². The van der Waals surface area contributed by atoms with Gasteiger partial charge in [0, 0.05) is 5.69 Å². The number of carboxylic acid groups (broad SMARTS) is 1. The molecule has 1 aromatic rings. The maximum absolute atomic E-state index is 13.1. The van der Waals surface area contributed by atoms with Gasteiger partial charge in [-0.05, 0) is 24.1 Å². The van der Waals surface area contributed by atoms with E-state index < -0.39 is 11.8 Å². The number of halogens is 1. The summed E-state index contributed by atoms with van der Waals surface area (Å²) in [5, 5.41) is 8.61. The molecule has 0 spiro atoms. The molecule has 0 saturated heterocycles. The molecule has 4 heteroatoms. The summed E-state index contributed by atoms with van der Waals surface area (Å²) in [5.74, 6) is -1.73. The Morgan fingerprint density at radius 2 is 2.23 bits per heavy atom. The first-order chi connectivity index (χ1) is 6.06. The van der Waals surface area contributed by atoms with E-state index in [0.29, 0.717) is 12.0 Å². The summed E-state index contributed by atoms with van der Waals surface area (Å²) in [4.78, 5) is 10.5. The maximum Gasteiger partial charge on any atom is 0.337 e. The van der Waals surface area contributed by atoms with E-state index in [4.69, 9.17) is 10.8 Å². The van der Waals surface area contributed by atoms with Crippen LogP contribution < -0.4 is 5.73 Å². The van der Waals surface area contributed by atoms with Crippen molar-refractivity contribution in [3.63, 3.8) is 0 Å². The zero-order valence-corrected chi connectivity index (χ0v) is 7.17. The molecule has 0 aliphatic rings. The van der Waals surface area contributed by atoms with Gasteiger partial charge in [0.05, 0.1) is 5.56 Å². The second kappa shape index (κ2) is 3.43. The van der Waals surface area contributed by atoms with E-state index in [1.54, 1.807) is 6.92 Å². The second-order valence-electron chi connectivity index (χ2n) is 2.69. The molecule has 1 aromatic carbocycles. The van der Waals surface area contributed by atoms with Crippen LogP contribution in [0.1, 0.15) is 22.8 Å². The predicted octanol–water partition coefficient (Wildman–Crippen LogP) is 1.67. The van der Waals surface area contributed by atoms with Gasteiger partial charge in [-0.1, -0.05) is 6.92 Å². The molecule has 0 bridgehead atoms. The Balaban J connectivity index is 3.28. The molecule has 3 N–H and O–H groups in total. The molecule has 3 nitrogen and oxygen atoms in total. The van der Waals surface area contributed by atoms with Gasteiger partial charge in [0.25, 0.3) is 0 Å². The third-order valence-corrected chi connectivity index (χ3v) is 1.83. The summed E-state index contributed by atoms with van der Waals surface area (Å²) < 4.78 is 13.1. The summed E-state index contributed by atoms with van der Waals surface area (Å²) in [7, 11) is 0. The summed E-state index contributed by atoms with van der Waals surface area (Å²) in [6.07, 6.45) is 0.496. The Bertz CT molecular complexity index is 350. The first kappa shape index (κ1) is 9.51. The Morgan fingerprint density at radius 3 is 2.69 bits per heavy atom. The SMILES string of the molecule is CCc1cc(N)c(C(=O)O)cc1F. The van der Waals surface area contributed by atoms with Gasteiger partial charge in [-0.3, -0.25) is 0 Å². The third kappa shape index (κ3) is 1.77. The van der Waals surface area contributed by atoms with Gasteiger partial charge in [0.1, 0.15) is 5.82 Å². The first-order valence-corrected chi connectivity index (χ1v) is 3.87. The minimum atomic E-state index is -1.21. The molecule has 70 valence electrons. The van der Waals surface area contributed by atoms with Crippen LogP contribution in [0.4, 0.5) is 10.1 Å². The Kier molecular flexibility index (Phi) is 2.51. The van der Waals surface area contributed by atoms with Crippen LogP contribution >= 0.6 is 0 Å².